The number of aliphatic imine (C=N–C) groups is 1. The smallest absolute Gasteiger partial charge is 0.191 e. The number of ether oxygens (including phenoxy) is 2. The SMILES string of the molecule is CN=C(NCCCOCC1CCOCC1)NC1CCCn2nc(C)nc21. The molecule has 2 N–H and O–H groups in total. The Morgan fingerprint density at radius 2 is 2.19 bits per heavy atom. The number of aromatic nitrogens is 3. The third kappa shape index (κ3) is 5.41. The normalized spacial score (nSPS) is 21.5. The summed E-state index contributed by atoms with van der Waals surface area (Å²) in [6.07, 6.45) is 5.36. The van der Waals surface area contributed by atoms with Gasteiger partial charge in [-0.15, -0.1) is 0 Å². The zero-order valence-electron chi connectivity index (χ0n) is 16.0. The lowest BCUT2D eigenvalue weighted by Gasteiger charge is -2.25. The van der Waals surface area contributed by atoms with Crippen LogP contribution in [-0.2, 0) is 16.0 Å². The van der Waals surface area contributed by atoms with Crippen LogP contribution < -0.4 is 10.6 Å². The molecule has 0 saturated carbocycles. The third-order valence-electron chi connectivity index (χ3n) is 4.97. The van der Waals surface area contributed by atoms with E-state index in [4.69, 9.17) is 9.47 Å². The Labute approximate surface area is 155 Å². The van der Waals surface area contributed by atoms with Crippen molar-refractivity contribution in [1.29, 1.82) is 0 Å². The molecule has 1 fully saturated rings. The first-order valence-corrected chi connectivity index (χ1v) is 9.80. The summed E-state index contributed by atoms with van der Waals surface area (Å²) in [6, 6.07) is 0.168. The van der Waals surface area contributed by atoms with Gasteiger partial charge in [0.25, 0.3) is 0 Å². The summed E-state index contributed by atoms with van der Waals surface area (Å²) < 4.78 is 13.2. The van der Waals surface area contributed by atoms with E-state index >= 15 is 0 Å². The molecule has 0 spiro atoms. The minimum absolute atomic E-state index is 0.168. The lowest BCUT2D eigenvalue weighted by Crippen LogP contribution is -2.42. The van der Waals surface area contributed by atoms with Crippen LogP contribution in [0.2, 0.25) is 0 Å². The third-order valence-corrected chi connectivity index (χ3v) is 4.97. The van der Waals surface area contributed by atoms with Crippen LogP contribution in [0.3, 0.4) is 0 Å². The second kappa shape index (κ2) is 9.87. The van der Waals surface area contributed by atoms with Gasteiger partial charge in [-0.2, -0.15) is 5.10 Å². The molecule has 3 rings (SSSR count). The summed E-state index contributed by atoms with van der Waals surface area (Å²) in [5.74, 6) is 3.32. The Morgan fingerprint density at radius 3 is 3.00 bits per heavy atom. The molecule has 1 unspecified atom stereocenters. The molecule has 3 heterocycles. The van der Waals surface area contributed by atoms with Crippen LogP contribution in [0.4, 0.5) is 0 Å². The van der Waals surface area contributed by atoms with Gasteiger partial charge in [-0.3, -0.25) is 4.99 Å². The topological polar surface area (TPSA) is 85.6 Å². The number of hydrogen-bond acceptors (Lipinski definition) is 5. The van der Waals surface area contributed by atoms with Crippen molar-refractivity contribution in [3.8, 4) is 0 Å². The second-order valence-electron chi connectivity index (χ2n) is 7.06. The lowest BCUT2D eigenvalue weighted by atomic mass is 10.0. The standard InChI is InChI=1S/C18H32N6O2/c1-14-21-17-16(5-3-9-24(17)23-14)22-18(19-2)20-8-4-10-26-13-15-6-11-25-12-7-15/h15-16H,3-13H2,1-2H3,(H2,19,20,22). The Balaban J connectivity index is 1.34. The van der Waals surface area contributed by atoms with Crippen molar-refractivity contribution >= 4 is 5.96 Å². The van der Waals surface area contributed by atoms with Gasteiger partial charge in [0.05, 0.1) is 6.04 Å². The maximum atomic E-state index is 5.81. The first-order chi connectivity index (χ1) is 12.8. The average molecular weight is 364 g/mol. The number of rotatable bonds is 7. The fourth-order valence-corrected chi connectivity index (χ4v) is 3.51. The summed E-state index contributed by atoms with van der Waals surface area (Å²) in [7, 11) is 1.80. The van der Waals surface area contributed by atoms with Crippen molar-refractivity contribution in [2.75, 3.05) is 40.0 Å². The average Bonchev–Trinajstić information content (AvgIpc) is 3.05. The van der Waals surface area contributed by atoms with Gasteiger partial charge in [0.1, 0.15) is 11.6 Å². The Bertz CT molecular complexity index is 582. The highest BCUT2D eigenvalue weighted by Crippen LogP contribution is 2.22. The largest absolute Gasteiger partial charge is 0.381 e. The van der Waals surface area contributed by atoms with Gasteiger partial charge >= 0.3 is 0 Å². The fourth-order valence-electron chi connectivity index (χ4n) is 3.51. The van der Waals surface area contributed by atoms with Crippen LogP contribution in [0, 0.1) is 12.8 Å². The summed E-state index contributed by atoms with van der Waals surface area (Å²) in [4.78, 5) is 8.90. The molecule has 8 nitrogen and oxygen atoms in total. The minimum Gasteiger partial charge on any atom is -0.381 e. The molecule has 0 aliphatic carbocycles. The van der Waals surface area contributed by atoms with E-state index in [1.54, 1.807) is 7.05 Å². The van der Waals surface area contributed by atoms with Crippen LogP contribution in [0.5, 0.6) is 0 Å². The summed E-state index contributed by atoms with van der Waals surface area (Å²) in [6.45, 7) is 7.12. The zero-order valence-corrected chi connectivity index (χ0v) is 16.0. The predicted molar refractivity (Wildman–Crippen MR) is 100 cm³/mol. The molecule has 1 aromatic rings. The van der Waals surface area contributed by atoms with Crippen molar-refractivity contribution in [2.45, 2.75) is 51.6 Å². The van der Waals surface area contributed by atoms with Crippen LogP contribution in [0.1, 0.15) is 49.8 Å². The molecule has 146 valence electrons. The van der Waals surface area contributed by atoms with Gasteiger partial charge in [-0.1, -0.05) is 0 Å². The number of nitrogens with zero attached hydrogens (tertiary/aromatic N) is 4. The van der Waals surface area contributed by atoms with Crippen molar-refractivity contribution in [3.63, 3.8) is 0 Å². The molecular weight excluding hydrogens is 332 g/mol. The second-order valence-corrected chi connectivity index (χ2v) is 7.06. The van der Waals surface area contributed by atoms with Crippen LogP contribution in [0.15, 0.2) is 4.99 Å². The number of fused-ring (bicyclic) bond motifs is 1. The lowest BCUT2D eigenvalue weighted by molar-refractivity contribution is 0.0203. The van der Waals surface area contributed by atoms with E-state index in [1.807, 2.05) is 11.6 Å². The van der Waals surface area contributed by atoms with E-state index in [9.17, 15) is 0 Å². The van der Waals surface area contributed by atoms with Gasteiger partial charge in [-0.25, -0.2) is 9.67 Å². The predicted octanol–water partition coefficient (Wildman–Crippen LogP) is 1.42. The molecule has 26 heavy (non-hydrogen) atoms. The van der Waals surface area contributed by atoms with E-state index in [1.165, 1.54) is 0 Å². The fraction of sp³-hybridized carbons (Fsp3) is 0.833. The number of guanidine groups is 1. The molecule has 2 aliphatic rings. The summed E-state index contributed by atoms with van der Waals surface area (Å²) in [5.41, 5.74) is 0. The van der Waals surface area contributed by atoms with Crippen LogP contribution >= 0.6 is 0 Å². The Kier molecular flexibility index (Phi) is 7.25. The monoisotopic (exact) mass is 364 g/mol. The number of nitrogens with one attached hydrogen (secondary N) is 2. The highest BCUT2D eigenvalue weighted by Gasteiger charge is 2.24. The highest BCUT2D eigenvalue weighted by atomic mass is 16.5. The first-order valence-electron chi connectivity index (χ1n) is 9.80. The number of hydrogen-bond donors (Lipinski definition) is 2. The molecule has 1 aromatic heterocycles. The van der Waals surface area contributed by atoms with E-state index in [0.29, 0.717) is 5.92 Å². The molecule has 1 atom stereocenters. The summed E-state index contributed by atoms with van der Waals surface area (Å²) >= 11 is 0. The number of aryl methyl sites for hydroxylation is 2. The molecule has 1 saturated heterocycles. The molecule has 0 aromatic carbocycles. The zero-order chi connectivity index (χ0) is 18.2. The van der Waals surface area contributed by atoms with E-state index in [0.717, 1.165) is 89.2 Å². The Hall–Kier alpha value is -1.67. The van der Waals surface area contributed by atoms with Crippen LogP contribution in [0.25, 0.3) is 0 Å². The van der Waals surface area contributed by atoms with Gasteiger partial charge in [0.15, 0.2) is 5.96 Å². The van der Waals surface area contributed by atoms with Gasteiger partial charge < -0.3 is 20.1 Å². The van der Waals surface area contributed by atoms with E-state index in [-0.39, 0.29) is 6.04 Å². The van der Waals surface area contributed by atoms with E-state index < -0.39 is 0 Å². The highest BCUT2D eigenvalue weighted by molar-refractivity contribution is 5.80. The maximum Gasteiger partial charge on any atom is 0.191 e. The van der Waals surface area contributed by atoms with Crippen molar-refractivity contribution in [2.24, 2.45) is 10.9 Å². The molecular formula is C18H32N6O2. The molecule has 0 amide bonds. The minimum atomic E-state index is 0.168. The maximum absolute atomic E-state index is 5.81. The first kappa shape index (κ1) is 19.1. The quantitative estimate of drug-likeness (QED) is 0.432. The molecule has 0 radical (unpaired) electrons. The van der Waals surface area contributed by atoms with Crippen LogP contribution in [-0.4, -0.2) is 60.7 Å². The van der Waals surface area contributed by atoms with E-state index in [2.05, 4.69) is 25.7 Å². The van der Waals surface area contributed by atoms with Gasteiger partial charge in [0, 0.05) is 46.6 Å². The summed E-state index contributed by atoms with van der Waals surface area (Å²) in [5, 5.41) is 11.3. The van der Waals surface area contributed by atoms with Crippen molar-refractivity contribution in [1.82, 2.24) is 25.4 Å². The molecule has 2 aliphatic heterocycles. The van der Waals surface area contributed by atoms with Crippen molar-refractivity contribution in [3.05, 3.63) is 11.6 Å². The molecule has 8 heteroatoms. The van der Waals surface area contributed by atoms with Crippen molar-refractivity contribution < 1.29 is 9.47 Å². The Morgan fingerprint density at radius 1 is 1.35 bits per heavy atom. The van der Waals surface area contributed by atoms with Gasteiger partial charge in [0.2, 0.25) is 0 Å². The van der Waals surface area contributed by atoms with Gasteiger partial charge in [-0.05, 0) is 44.9 Å². The molecule has 0 bridgehead atoms.